The first-order valence-electron chi connectivity index (χ1n) is 14.3. The van der Waals surface area contributed by atoms with Crippen molar-refractivity contribution in [3.63, 3.8) is 0 Å². The largest absolute Gasteiger partial charge is 0.506 e. The predicted molar refractivity (Wildman–Crippen MR) is 163 cm³/mol. The van der Waals surface area contributed by atoms with Gasteiger partial charge in [-0.15, -0.1) is 0 Å². The van der Waals surface area contributed by atoms with E-state index in [-0.39, 0.29) is 34.7 Å². The number of anilines is 1. The molecule has 0 fully saturated rings. The van der Waals surface area contributed by atoms with Gasteiger partial charge in [0.1, 0.15) is 12.3 Å². The second-order valence-electron chi connectivity index (χ2n) is 12.1. The van der Waals surface area contributed by atoms with Crippen molar-refractivity contribution in [2.45, 2.75) is 64.7 Å². The number of para-hydroxylation sites is 2. The van der Waals surface area contributed by atoms with Gasteiger partial charge in [-0.3, -0.25) is 9.35 Å². The fraction of sp³-hybridized carbons (Fsp3) is 0.394. The SMILES string of the molecule is CCCCN1C(=CC2=C(O)C(=CC3=[N+](CCCS(=O)(=O)O)c4ccccc4C3(C)C)C2=O)C(C)(C)c2ccccc21. The Bertz CT molecular complexity index is 1660. The van der Waals surface area contributed by atoms with Gasteiger partial charge in [0.05, 0.1) is 22.3 Å². The number of fused-ring (bicyclic) bond motifs is 2. The maximum absolute atomic E-state index is 13.6. The molecule has 0 atom stereocenters. The molecular formula is C33H39N2O5S+. The highest BCUT2D eigenvalue weighted by atomic mass is 32.2. The van der Waals surface area contributed by atoms with E-state index in [9.17, 15) is 22.9 Å². The summed E-state index contributed by atoms with van der Waals surface area (Å²) in [6, 6.07) is 16.2. The quantitative estimate of drug-likeness (QED) is 0.212. The number of carbonyl (C=O) groups excluding carboxylic acids is 1. The fourth-order valence-corrected chi connectivity index (χ4v) is 6.88. The third-order valence-corrected chi connectivity index (χ3v) is 9.48. The van der Waals surface area contributed by atoms with Gasteiger partial charge < -0.3 is 10.0 Å². The molecule has 8 heteroatoms. The lowest BCUT2D eigenvalue weighted by Gasteiger charge is -2.29. The first kappa shape index (κ1) is 29.0. The summed E-state index contributed by atoms with van der Waals surface area (Å²) >= 11 is 0. The molecule has 0 saturated carbocycles. The van der Waals surface area contributed by atoms with Gasteiger partial charge in [0.15, 0.2) is 5.71 Å². The van der Waals surface area contributed by atoms with E-state index in [1.807, 2.05) is 47.0 Å². The smallest absolute Gasteiger partial charge is 0.265 e. The molecule has 2 aliphatic heterocycles. The number of carbonyl (C=O) groups is 1. The first-order valence-corrected chi connectivity index (χ1v) is 15.9. The fourth-order valence-electron chi connectivity index (χ4n) is 6.39. The van der Waals surface area contributed by atoms with Crippen LogP contribution >= 0.6 is 0 Å². The van der Waals surface area contributed by atoms with Crippen molar-refractivity contribution < 1.29 is 27.4 Å². The number of benzene rings is 2. The lowest BCUT2D eigenvalue weighted by molar-refractivity contribution is -0.437. The van der Waals surface area contributed by atoms with Crippen LogP contribution in [0.5, 0.6) is 0 Å². The molecule has 0 aromatic heterocycles. The number of Topliss-reactive ketones (excluding diaryl/α,β-unsaturated/α-hetero) is 1. The molecule has 2 N–H and O–H groups in total. The van der Waals surface area contributed by atoms with Gasteiger partial charge in [-0.1, -0.05) is 63.6 Å². The van der Waals surface area contributed by atoms with E-state index in [1.54, 1.807) is 6.08 Å². The van der Waals surface area contributed by atoms with Crippen LogP contribution in [-0.2, 0) is 25.7 Å². The molecule has 0 saturated heterocycles. The van der Waals surface area contributed by atoms with Crippen LogP contribution in [-0.4, -0.2) is 53.0 Å². The summed E-state index contributed by atoms with van der Waals surface area (Å²) in [7, 11) is -4.10. The molecule has 0 spiro atoms. The van der Waals surface area contributed by atoms with Crippen molar-refractivity contribution >= 4 is 33.0 Å². The predicted octanol–water partition coefficient (Wildman–Crippen LogP) is 6.14. The molecule has 0 unspecified atom stereocenters. The van der Waals surface area contributed by atoms with Gasteiger partial charge in [0, 0.05) is 47.5 Å². The Balaban J connectivity index is 1.56. The summed E-state index contributed by atoms with van der Waals surface area (Å²) in [4.78, 5) is 15.9. The molecule has 0 amide bonds. The number of aliphatic hydroxyl groups excluding tert-OH is 1. The number of allylic oxidation sites excluding steroid dienone is 5. The van der Waals surface area contributed by atoms with Crippen LogP contribution in [0.15, 0.2) is 83.3 Å². The highest BCUT2D eigenvalue weighted by Crippen LogP contribution is 2.49. The van der Waals surface area contributed by atoms with Crippen LogP contribution < -0.4 is 4.90 Å². The minimum absolute atomic E-state index is 0.0261. The molecule has 2 aromatic rings. The summed E-state index contributed by atoms with van der Waals surface area (Å²) in [5, 5.41) is 11.2. The molecule has 3 aliphatic rings. The van der Waals surface area contributed by atoms with E-state index in [0.717, 1.165) is 47.7 Å². The number of nitrogens with zero attached hydrogens (tertiary/aromatic N) is 2. The van der Waals surface area contributed by atoms with Crippen molar-refractivity contribution in [1.29, 1.82) is 0 Å². The van der Waals surface area contributed by atoms with Gasteiger partial charge in [0.2, 0.25) is 11.5 Å². The van der Waals surface area contributed by atoms with Crippen molar-refractivity contribution in [2.24, 2.45) is 0 Å². The van der Waals surface area contributed by atoms with Crippen LogP contribution in [0.25, 0.3) is 0 Å². The lowest BCUT2D eigenvalue weighted by atomic mass is 9.77. The Labute approximate surface area is 243 Å². The molecule has 216 valence electrons. The van der Waals surface area contributed by atoms with E-state index in [4.69, 9.17) is 0 Å². The monoisotopic (exact) mass is 575 g/mol. The van der Waals surface area contributed by atoms with Crippen molar-refractivity contribution in [2.75, 3.05) is 23.7 Å². The van der Waals surface area contributed by atoms with Gasteiger partial charge in [-0.2, -0.15) is 13.0 Å². The number of ketones is 1. The standard InChI is InChI=1S/C33H38N2O5S/c1-6-7-17-34-26-15-10-8-13-24(26)32(2,3)28(34)20-22-30(36)23(31(22)37)21-29-33(4,5)25-14-9-11-16-27(25)35(29)18-12-19-41(38,39)40/h8-11,13-16,20-21H,6-7,12,17-19H2,1-5H3,(H-,36,37,38,39,40)/p+1. The molecule has 0 bridgehead atoms. The van der Waals surface area contributed by atoms with Crippen LogP contribution in [0, 0.1) is 0 Å². The summed E-state index contributed by atoms with van der Waals surface area (Å²) in [5.41, 5.74) is 5.85. The van der Waals surface area contributed by atoms with E-state index < -0.39 is 15.5 Å². The zero-order chi connectivity index (χ0) is 29.7. The Morgan fingerprint density at radius 2 is 1.59 bits per heavy atom. The lowest BCUT2D eigenvalue weighted by Crippen LogP contribution is -2.32. The number of rotatable bonds is 9. The number of aliphatic hydroxyl groups is 1. The zero-order valence-electron chi connectivity index (χ0n) is 24.4. The van der Waals surface area contributed by atoms with E-state index >= 15 is 0 Å². The summed E-state index contributed by atoms with van der Waals surface area (Å²) in [6.07, 6.45) is 5.87. The van der Waals surface area contributed by atoms with Crippen molar-refractivity contribution in [3.05, 3.63) is 94.4 Å². The van der Waals surface area contributed by atoms with Crippen molar-refractivity contribution in [1.82, 2.24) is 0 Å². The zero-order valence-corrected chi connectivity index (χ0v) is 25.3. The van der Waals surface area contributed by atoms with Gasteiger partial charge in [-0.25, -0.2) is 0 Å². The third kappa shape index (κ3) is 4.97. The maximum Gasteiger partial charge on any atom is 0.265 e. The molecular weight excluding hydrogens is 536 g/mol. The molecule has 1 aliphatic carbocycles. The Kier molecular flexibility index (Phi) is 7.37. The molecule has 7 nitrogen and oxygen atoms in total. The normalized spacial score (nSPS) is 21.1. The van der Waals surface area contributed by atoms with Crippen LogP contribution in [0.4, 0.5) is 11.4 Å². The van der Waals surface area contributed by atoms with Crippen LogP contribution in [0.2, 0.25) is 0 Å². The average molecular weight is 576 g/mol. The topological polar surface area (TPSA) is 97.9 Å². The second-order valence-corrected chi connectivity index (χ2v) is 13.7. The molecule has 5 rings (SSSR count). The summed E-state index contributed by atoms with van der Waals surface area (Å²) in [6.45, 7) is 11.7. The van der Waals surface area contributed by atoms with Crippen LogP contribution in [0.1, 0.15) is 65.0 Å². The van der Waals surface area contributed by atoms with Gasteiger partial charge >= 0.3 is 0 Å². The molecule has 2 aromatic carbocycles. The van der Waals surface area contributed by atoms with Crippen LogP contribution in [0.3, 0.4) is 0 Å². The van der Waals surface area contributed by atoms with E-state index in [2.05, 4.69) is 51.7 Å². The van der Waals surface area contributed by atoms with Gasteiger partial charge in [0.25, 0.3) is 10.1 Å². The molecule has 0 radical (unpaired) electrons. The Morgan fingerprint density at radius 3 is 2.24 bits per heavy atom. The number of hydrogen-bond donors (Lipinski definition) is 2. The number of hydrogen-bond acceptors (Lipinski definition) is 5. The maximum atomic E-state index is 13.6. The van der Waals surface area contributed by atoms with E-state index in [0.29, 0.717) is 12.1 Å². The first-order chi connectivity index (χ1) is 19.3. The summed E-state index contributed by atoms with van der Waals surface area (Å²) in [5.74, 6) is -0.596. The summed E-state index contributed by atoms with van der Waals surface area (Å²) < 4.78 is 34.0. The third-order valence-electron chi connectivity index (χ3n) is 8.68. The van der Waals surface area contributed by atoms with Gasteiger partial charge in [-0.05, 0) is 38.0 Å². The second kappa shape index (κ2) is 10.4. The Hall–Kier alpha value is -3.49. The Morgan fingerprint density at radius 1 is 0.927 bits per heavy atom. The minimum atomic E-state index is -4.10. The average Bonchev–Trinajstić information content (AvgIpc) is 3.27. The molecule has 2 heterocycles. The molecule has 41 heavy (non-hydrogen) atoms. The minimum Gasteiger partial charge on any atom is -0.506 e. The van der Waals surface area contributed by atoms with Crippen molar-refractivity contribution in [3.8, 4) is 0 Å². The highest BCUT2D eigenvalue weighted by molar-refractivity contribution is 7.85. The number of unbranched alkanes of at least 4 members (excludes halogenated alkanes) is 1. The van der Waals surface area contributed by atoms with E-state index in [1.165, 1.54) is 5.56 Å². The highest BCUT2D eigenvalue weighted by Gasteiger charge is 2.47.